The average molecular weight is 496 g/mol. The van der Waals surface area contributed by atoms with E-state index in [2.05, 4.69) is 0 Å². The molecule has 0 atom stereocenters. The fraction of sp³-hybridized carbons (Fsp3) is 0.464. The third kappa shape index (κ3) is 6.56. The van der Waals surface area contributed by atoms with E-state index in [0.717, 1.165) is 22.2 Å². The zero-order chi connectivity index (χ0) is 26.6. The lowest BCUT2D eigenvalue weighted by atomic mass is 10.0. The number of phenols is 1. The number of aromatic hydroxyl groups is 1. The van der Waals surface area contributed by atoms with Crippen molar-refractivity contribution < 1.29 is 19.4 Å². The third-order valence-corrected chi connectivity index (χ3v) is 6.30. The number of carbonyl (C=O) groups excluding carboxylic acids is 2. The molecule has 0 unspecified atom stereocenters. The highest BCUT2D eigenvalue weighted by molar-refractivity contribution is 5.99. The van der Waals surface area contributed by atoms with Gasteiger partial charge in [-0.25, -0.2) is 9.59 Å². The number of hydrogen-bond donors (Lipinski definition) is 1. The molecule has 2 aromatic carbocycles. The van der Waals surface area contributed by atoms with Crippen molar-refractivity contribution in [2.75, 3.05) is 13.1 Å². The molecule has 0 radical (unpaired) electrons. The van der Waals surface area contributed by atoms with Gasteiger partial charge in [0.25, 0.3) is 0 Å². The Morgan fingerprint density at radius 1 is 0.972 bits per heavy atom. The van der Waals surface area contributed by atoms with Gasteiger partial charge in [0.15, 0.2) is 5.78 Å². The summed E-state index contributed by atoms with van der Waals surface area (Å²) in [6.07, 6.45) is 1.90. The molecule has 194 valence electrons. The normalized spacial score (nSPS) is 11.6. The summed E-state index contributed by atoms with van der Waals surface area (Å²) in [7, 11) is 3.41. The number of aromatic nitrogens is 2. The van der Waals surface area contributed by atoms with Gasteiger partial charge in [0.2, 0.25) is 0 Å². The molecule has 0 aliphatic rings. The quantitative estimate of drug-likeness (QED) is 0.342. The molecule has 1 amide bonds. The first kappa shape index (κ1) is 27.0. The van der Waals surface area contributed by atoms with Crippen LogP contribution in [-0.4, -0.2) is 49.7 Å². The van der Waals surface area contributed by atoms with E-state index in [9.17, 15) is 19.5 Å². The number of benzene rings is 2. The van der Waals surface area contributed by atoms with Crippen LogP contribution >= 0.6 is 0 Å². The minimum Gasteiger partial charge on any atom is -0.508 e. The number of amides is 1. The summed E-state index contributed by atoms with van der Waals surface area (Å²) in [6, 6.07) is 10.6. The standard InChI is InChI=1S/C28H37N3O5/c1-19-17-22(32)12-10-20(19)14-16-31(27(35)36-28(2,3)4)15-8-7-9-25(33)21-11-13-23-24(18-21)30(6)26(34)29(23)5/h10-13,17-18,32H,7-9,14-16H2,1-6H3. The van der Waals surface area contributed by atoms with Crippen LogP contribution in [0.15, 0.2) is 41.2 Å². The van der Waals surface area contributed by atoms with Gasteiger partial charge >= 0.3 is 11.8 Å². The molecule has 0 spiro atoms. The number of nitrogens with zero attached hydrogens (tertiary/aromatic N) is 3. The van der Waals surface area contributed by atoms with Gasteiger partial charge in [-0.15, -0.1) is 0 Å². The van der Waals surface area contributed by atoms with Crippen molar-refractivity contribution in [2.24, 2.45) is 14.1 Å². The molecule has 0 bridgehead atoms. The summed E-state index contributed by atoms with van der Waals surface area (Å²) in [6.45, 7) is 8.41. The first-order valence-electron chi connectivity index (χ1n) is 12.3. The van der Waals surface area contributed by atoms with E-state index in [-0.39, 0.29) is 23.3 Å². The number of fused-ring (bicyclic) bond motifs is 1. The summed E-state index contributed by atoms with van der Waals surface area (Å²) < 4.78 is 8.71. The van der Waals surface area contributed by atoms with Gasteiger partial charge < -0.3 is 14.7 Å². The van der Waals surface area contributed by atoms with Crippen LogP contribution in [0, 0.1) is 6.92 Å². The summed E-state index contributed by atoms with van der Waals surface area (Å²) >= 11 is 0. The molecular weight excluding hydrogens is 458 g/mol. The van der Waals surface area contributed by atoms with Crippen LogP contribution in [0.5, 0.6) is 5.75 Å². The summed E-state index contributed by atoms with van der Waals surface area (Å²) in [5.41, 5.74) is 3.40. The molecule has 8 heteroatoms. The first-order valence-corrected chi connectivity index (χ1v) is 12.3. The summed E-state index contributed by atoms with van der Waals surface area (Å²) in [5, 5.41) is 9.65. The Balaban J connectivity index is 1.60. The Morgan fingerprint density at radius 2 is 1.67 bits per heavy atom. The number of phenolic OH excluding ortho intramolecular Hbond substituents is 1. The van der Waals surface area contributed by atoms with Crippen LogP contribution in [0.1, 0.15) is 61.5 Å². The molecule has 1 N–H and O–H groups in total. The molecule has 0 fully saturated rings. The SMILES string of the molecule is Cc1cc(O)ccc1CCN(CCCCC(=O)c1ccc2c(c1)n(C)c(=O)n2C)C(=O)OC(C)(C)C. The lowest BCUT2D eigenvalue weighted by Crippen LogP contribution is -2.38. The number of hydrogen-bond acceptors (Lipinski definition) is 5. The minimum absolute atomic E-state index is 0.0109. The summed E-state index contributed by atoms with van der Waals surface area (Å²) in [5.74, 6) is 0.232. The number of ether oxygens (including phenoxy) is 1. The zero-order valence-electron chi connectivity index (χ0n) is 22.1. The van der Waals surface area contributed by atoms with Crippen LogP contribution in [0.25, 0.3) is 11.0 Å². The molecular formula is C28H37N3O5. The Labute approximate surface area is 212 Å². The maximum absolute atomic E-state index is 12.8. The van der Waals surface area contributed by atoms with Crippen LogP contribution in [0.4, 0.5) is 4.79 Å². The molecule has 0 saturated heterocycles. The smallest absolute Gasteiger partial charge is 0.410 e. The Bertz CT molecular complexity index is 1310. The number of unbranched alkanes of at least 4 members (excludes halogenated alkanes) is 1. The lowest BCUT2D eigenvalue weighted by molar-refractivity contribution is 0.0249. The van der Waals surface area contributed by atoms with E-state index >= 15 is 0 Å². The fourth-order valence-corrected chi connectivity index (χ4v) is 4.25. The number of rotatable bonds is 9. The third-order valence-electron chi connectivity index (χ3n) is 6.30. The van der Waals surface area contributed by atoms with E-state index < -0.39 is 5.60 Å². The highest BCUT2D eigenvalue weighted by Gasteiger charge is 2.22. The predicted octanol–water partition coefficient (Wildman–Crippen LogP) is 4.72. The highest BCUT2D eigenvalue weighted by atomic mass is 16.6. The number of imidazole rings is 1. The van der Waals surface area contributed by atoms with Crippen LogP contribution in [0.3, 0.4) is 0 Å². The van der Waals surface area contributed by atoms with Crippen molar-refractivity contribution in [3.05, 3.63) is 63.6 Å². The van der Waals surface area contributed by atoms with Crippen LogP contribution in [-0.2, 0) is 25.3 Å². The van der Waals surface area contributed by atoms with Gasteiger partial charge in [0, 0.05) is 39.2 Å². The van der Waals surface area contributed by atoms with Gasteiger partial charge in [-0.1, -0.05) is 6.07 Å². The topological polar surface area (TPSA) is 93.8 Å². The Kier molecular flexibility index (Phi) is 8.28. The number of carbonyl (C=O) groups is 2. The van der Waals surface area contributed by atoms with E-state index in [1.165, 1.54) is 0 Å². The second-order valence-electron chi connectivity index (χ2n) is 10.3. The second kappa shape index (κ2) is 11.0. The molecule has 8 nitrogen and oxygen atoms in total. The van der Waals surface area contributed by atoms with E-state index in [0.29, 0.717) is 44.3 Å². The fourth-order valence-electron chi connectivity index (χ4n) is 4.25. The van der Waals surface area contributed by atoms with Gasteiger partial charge in [0.05, 0.1) is 11.0 Å². The van der Waals surface area contributed by atoms with Crippen molar-refractivity contribution in [3.63, 3.8) is 0 Å². The van der Waals surface area contributed by atoms with Gasteiger partial charge in [0.1, 0.15) is 11.4 Å². The molecule has 3 rings (SSSR count). The zero-order valence-corrected chi connectivity index (χ0v) is 22.1. The first-order chi connectivity index (χ1) is 16.9. The number of Topliss-reactive ketones (excluding diaryl/α,β-unsaturated/α-hetero) is 1. The molecule has 1 aromatic heterocycles. The van der Waals surface area contributed by atoms with Crippen LogP contribution < -0.4 is 5.69 Å². The van der Waals surface area contributed by atoms with Gasteiger partial charge in [-0.3, -0.25) is 13.9 Å². The van der Waals surface area contributed by atoms with Gasteiger partial charge in [-0.05, 0) is 88.4 Å². The Morgan fingerprint density at radius 3 is 2.33 bits per heavy atom. The number of ketones is 1. The van der Waals surface area contributed by atoms with Gasteiger partial charge in [-0.2, -0.15) is 0 Å². The maximum atomic E-state index is 12.8. The minimum atomic E-state index is -0.601. The monoisotopic (exact) mass is 495 g/mol. The number of aryl methyl sites for hydroxylation is 3. The molecule has 0 aliphatic carbocycles. The van der Waals surface area contributed by atoms with Crippen molar-refractivity contribution >= 4 is 22.9 Å². The molecule has 36 heavy (non-hydrogen) atoms. The van der Waals surface area contributed by atoms with Crippen molar-refractivity contribution in [1.29, 1.82) is 0 Å². The maximum Gasteiger partial charge on any atom is 0.410 e. The van der Waals surface area contributed by atoms with Crippen molar-refractivity contribution in [3.8, 4) is 5.75 Å². The lowest BCUT2D eigenvalue weighted by Gasteiger charge is -2.27. The molecule has 3 aromatic rings. The highest BCUT2D eigenvalue weighted by Crippen LogP contribution is 2.19. The molecule has 0 aliphatic heterocycles. The van der Waals surface area contributed by atoms with E-state index in [1.807, 2.05) is 33.8 Å². The van der Waals surface area contributed by atoms with E-state index in [4.69, 9.17) is 4.74 Å². The Hall–Kier alpha value is -3.55. The van der Waals surface area contributed by atoms with Crippen molar-refractivity contribution in [2.45, 2.75) is 59.0 Å². The second-order valence-corrected chi connectivity index (χ2v) is 10.3. The van der Waals surface area contributed by atoms with Crippen LogP contribution in [0.2, 0.25) is 0 Å². The molecule has 0 saturated carbocycles. The van der Waals surface area contributed by atoms with E-state index in [1.54, 1.807) is 58.5 Å². The summed E-state index contributed by atoms with van der Waals surface area (Å²) in [4.78, 5) is 39.5. The largest absolute Gasteiger partial charge is 0.508 e. The molecule has 1 heterocycles. The average Bonchev–Trinajstić information content (AvgIpc) is 3.01. The van der Waals surface area contributed by atoms with Crippen molar-refractivity contribution in [1.82, 2.24) is 14.0 Å². The predicted molar refractivity (Wildman–Crippen MR) is 141 cm³/mol.